The van der Waals surface area contributed by atoms with Gasteiger partial charge in [-0.2, -0.15) is 0 Å². The zero-order valence-corrected chi connectivity index (χ0v) is 19.4. The monoisotopic (exact) mass is 458 g/mol. The van der Waals surface area contributed by atoms with Crippen LogP contribution in [0.1, 0.15) is 29.1 Å². The second kappa shape index (κ2) is 8.76. The fraction of sp³-hybridized carbons (Fsp3) is 0.160. The molecule has 3 aromatic carbocycles. The third kappa shape index (κ3) is 3.89. The number of benzene rings is 3. The van der Waals surface area contributed by atoms with Crippen molar-refractivity contribution in [2.75, 3.05) is 0 Å². The van der Waals surface area contributed by atoms with Crippen LogP contribution in [0.5, 0.6) is 0 Å². The molecule has 0 aliphatic heterocycles. The van der Waals surface area contributed by atoms with Crippen molar-refractivity contribution in [1.82, 2.24) is 19.3 Å². The van der Waals surface area contributed by atoms with E-state index in [2.05, 4.69) is 65.0 Å². The van der Waals surface area contributed by atoms with Crippen molar-refractivity contribution in [2.45, 2.75) is 30.8 Å². The number of thiazole rings is 1. The first-order valence-electron chi connectivity index (χ1n) is 10.4. The fourth-order valence-corrected chi connectivity index (χ4v) is 5.69. The maximum absolute atomic E-state index is 12.7. The van der Waals surface area contributed by atoms with Crippen molar-refractivity contribution in [2.24, 2.45) is 0 Å². The number of fused-ring (bicyclic) bond motifs is 1. The molecule has 0 bridgehead atoms. The molecule has 1 unspecified atom stereocenters. The highest BCUT2D eigenvalue weighted by Gasteiger charge is 2.20. The summed E-state index contributed by atoms with van der Waals surface area (Å²) in [6.45, 7) is 4.62. The number of aromatic nitrogens is 4. The molecule has 0 spiro atoms. The molecule has 0 saturated heterocycles. The van der Waals surface area contributed by atoms with Crippen LogP contribution in [0.25, 0.3) is 15.9 Å². The lowest BCUT2D eigenvalue weighted by Gasteiger charge is -2.15. The first-order chi connectivity index (χ1) is 15.6. The molecular weight excluding hydrogens is 436 g/mol. The largest absolute Gasteiger partial charge is 0.308 e. The molecule has 0 N–H and O–H groups in total. The second-order valence-electron chi connectivity index (χ2n) is 7.61. The Morgan fingerprint density at radius 3 is 2.47 bits per heavy atom. The van der Waals surface area contributed by atoms with Crippen LogP contribution in [0, 0.1) is 6.92 Å². The van der Waals surface area contributed by atoms with E-state index in [1.807, 2.05) is 42.5 Å². The smallest absolute Gasteiger partial charge is 0.291 e. The predicted molar refractivity (Wildman–Crippen MR) is 132 cm³/mol. The summed E-state index contributed by atoms with van der Waals surface area (Å²) in [5.74, 6) is 0.743. The fourth-order valence-electron chi connectivity index (χ4n) is 3.79. The van der Waals surface area contributed by atoms with Crippen LogP contribution in [0.15, 0.2) is 88.8 Å². The third-order valence-corrected chi connectivity index (χ3v) is 7.54. The molecule has 2 aromatic heterocycles. The molecule has 2 heterocycles. The number of hydrogen-bond donors (Lipinski definition) is 0. The van der Waals surface area contributed by atoms with Gasteiger partial charge in [-0.3, -0.25) is 13.9 Å². The molecule has 1 atom stereocenters. The van der Waals surface area contributed by atoms with Gasteiger partial charge in [-0.25, -0.2) is 0 Å². The first kappa shape index (κ1) is 20.7. The van der Waals surface area contributed by atoms with Crippen molar-refractivity contribution in [1.29, 1.82) is 0 Å². The lowest BCUT2D eigenvalue weighted by atomic mass is 10.2. The van der Waals surface area contributed by atoms with Crippen molar-refractivity contribution in [3.63, 3.8) is 0 Å². The Bertz CT molecular complexity index is 1440. The lowest BCUT2D eigenvalue weighted by Crippen LogP contribution is -2.17. The van der Waals surface area contributed by atoms with E-state index < -0.39 is 0 Å². The van der Waals surface area contributed by atoms with Crippen LogP contribution in [0.4, 0.5) is 0 Å². The van der Waals surface area contributed by atoms with E-state index in [1.54, 1.807) is 16.3 Å². The standard InChI is InChI=1S/C25H22N4OS2/c1-17-10-6-7-13-20(17)29-23(16-28-21-14-8-9-15-22(21)32-25(28)30)26-27-24(29)31-18(2)19-11-4-3-5-12-19/h3-15,18H,16H2,1-2H3. The maximum Gasteiger partial charge on any atom is 0.308 e. The Balaban J connectivity index is 1.59. The summed E-state index contributed by atoms with van der Waals surface area (Å²) in [7, 11) is 0. The molecule has 0 aliphatic carbocycles. The summed E-state index contributed by atoms with van der Waals surface area (Å²) in [6.07, 6.45) is 0. The van der Waals surface area contributed by atoms with Gasteiger partial charge in [0, 0.05) is 5.25 Å². The summed E-state index contributed by atoms with van der Waals surface area (Å²) in [5.41, 5.74) is 4.32. The number of aryl methyl sites for hydroxylation is 1. The van der Waals surface area contributed by atoms with Gasteiger partial charge >= 0.3 is 4.87 Å². The van der Waals surface area contributed by atoms with Crippen LogP contribution in [0.3, 0.4) is 0 Å². The quantitative estimate of drug-likeness (QED) is 0.299. The molecule has 5 aromatic rings. The van der Waals surface area contributed by atoms with E-state index in [-0.39, 0.29) is 10.1 Å². The van der Waals surface area contributed by atoms with Gasteiger partial charge in [0.15, 0.2) is 11.0 Å². The van der Waals surface area contributed by atoms with Crippen LogP contribution < -0.4 is 4.87 Å². The normalized spacial score (nSPS) is 12.3. The van der Waals surface area contributed by atoms with Gasteiger partial charge in [0.1, 0.15) is 0 Å². The summed E-state index contributed by atoms with van der Waals surface area (Å²) < 4.78 is 4.86. The average Bonchev–Trinajstić information content (AvgIpc) is 3.35. The minimum atomic E-state index is 0.0115. The number of thioether (sulfide) groups is 1. The Kier molecular flexibility index (Phi) is 5.68. The Labute approximate surface area is 194 Å². The molecule has 0 amide bonds. The van der Waals surface area contributed by atoms with E-state index in [0.29, 0.717) is 6.54 Å². The number of rotatable bonds is 6. The Morgan fingerprint density at radius 2 is 1.66 bits per heavy atom. The van der Waals surface area contributed by atoms with Gasteiger partial charge in [0.05, 0.1) is 22.4 Å². The molecule has 0 radical (unpaired) electrons. The molecule has 32 heavy (non-hydrogen) atoms. The van der Waals surface area contributed by atoms with Crippen molar-refractivity contribution in [3.8, 4) is 5.69 Å². The van der Waals surface area contributed by atoms with Crippen LogP contribution in [-0.2, 0) is 6.54 Å². The number of nitrogens with zero attached hydrogens (tertiary/aromatic N) is 4. The highest BCUT2D eigenvalue weighted by atomic mass is 32.2. The van der Waals surface area contributed by atoms with E-state index in [9.17, 15) is 4.79 Å². The number of para-hydroxylation sites is 2. The van der Waals surface area contributed by atoms with Crippen molar-refractivity contribution in [3.05, 3.63) is 105 Å². The first-order valence-corrected chi connectivity index (χ1v) is 12.1. The van der Waals surface area contributed by atoms with E-state index in [4.69, 9.17) is 0 Å². The highest BCUT2D eigenvalue weighted by molar-refractivity contribution is 7.99. The molecular formula is C25H22N4OS2. The van der Waals surface area contributed by atoms with Gasteiger partial charge in [-0.1, -0.05) is 83.8 Å². The maximum atomic E-state index is 12.7. The van der Waals surface area contributed by atoms with E-state index in [0.717, 1.165) is 32.4 Å². The van der Waals surface area contributed by atoms with Crippen molar-refractivity contribution < 1.29 is 0 Å². The number of hydrogen-bond acceptors (Lipinski definition) is 5. The highest BCUT2D eigenvalue weighted by Crippen LogP contribution is 2.35. The SMILES string of the molecule is Cc1ccccc1-n1c(Cn2c(=O)sc3ccccc32)nnc1SC(C)c1ccccc1. The summed E-state index contributed by atoms with van der Waals surface area (Å²) in [5, 5.41) is 10.1. The zero-order valence-electron chi connectivity index (χ0n) is 17.8. The molecule has 0 saturated carbocycles. The Hall–Kier alpha value is -3.16. The average molecular weight is 459 g/mol. The van der Waals surface area contributed by atoms with Crippen LogP contribution >= 0.6 is 23.1 Å². The van der Waals surface area contributed by atoms with E-state index in [1.165, 1.54) is 16.9 Å². The summed E-state index contributed by atoms with van der Waals surface area (Å²) in [6, 6.07) is 26.5. The second-order valence-corrected chi connectivity index (χ2v) is 9.91. The van der Waals surface area contributed by atoms with Crippen LogP contribution in [0.2, 0.25) is 0 Å². The van der Waals surface area contributed by atoms with Gasteiger partial charge in [0.25, 0.3) is 0 Å². The summed E-state index contributed by atoms with van der Waals surface area (Å²) >= 11 is 2.93. The summed E-state index contributed by atoms with van der Waals surface area (Å²) in [4.78, 5) is 12.8. The topological polar surface area (TPSA) is 52.7 Å². The minimum Gasteiger partial charge on any atom is -0.291 e. The van der Waals surface area contributed by atoms with E-state index >= 15 is 0 Å². The molecule has 5 rings (SSSR count). The zero-order chi connectivity index (χ0) is 22.1. The van der Waals surface area contributed by atoms with Gasteiger partial charge in [-0.15, -0.1) is 10.2 Å². The lowest BCUT2D eigenvalue weighted by molar-refractivity contribution is 0.724. The van der Waals surface area contributed by atoms with Gasteiger partial charge in [-0.05, 0) is 43.2 Å². The minimum absolute atomic E-state index is 0.0115. The Morgan fingerprint density at radius 1 is 0.938 bits per heavy atom. The van der Waals surface area contributed by atoms with Crippen LogP contribution in [-0.4, -0.2) is 19.3 Å². The van der Waals surface area contributed by atoms with Crippen molar-refractivity contribution >= 4 is 33.3 Å². The third-order valence-electron chi connectivity index (χ3n) is 5.48. The molecule has 5 nitrogen and oxygen atoms in total. The molecule has 7 heteroatoms. The van der Waals surface area contributed by atoms with Gasteiger partial charge < -0.3 is 0 Å². The van der Waals surface area contributed by atoms with Gasteiger partial charge in [0.2, 0.25) is 0 Å². The predicted octanol–water partition coefficient (Wildman–Crippen LogP) is 5.85. The molecule has 0 fully saturated rings. The molecule has 0 aliphatic rings. The molecule has 160 valence electrons.